The van der Waals surface area contributed by atoms with Gasteiger partial charge in [-0.05, 0) is 23.3 Å². The van der Waals surface area contributed by atoms with Gasteiger partial charge in [-0.3, -0.25) is 9.78 Å². The normalized spacial score (nSPS) is 10.1. The molecule has 0 aliphatic rings. The summed E-state index contributed by atoms with van der Waals surface area (Å²) < 4.78 is 4.72. The summed E-state index contributed by atoms with van der Waals surface area (Å²) in [7, 11) is 0. The molecule has 0 saturated carbocycles. The fourth-order valence-corrected chi connectivity index (χ4v) is 1.85. The molecule has 0 unspecified atom stereocenters. The van der Waals surface area contributed by atoms with E-state index < -0.39 is 0 Å². The summed E-state index contributed by atoms with van der Waals surface area (Å²) in [6, 6.07) is 13.8. The Kier molecular flexibility index (Phi) is 4.31. The van der Waals surface area contributed by atoms with Crippen molar-refractivity contribution < 1.29 is 9.53 Å². The summed E-state index contributed by atoms with van der Waals surface area (Å²) in [5, 5.41) is 0. The van der Waals surface area contributed by atoms with Gasteiger partial charge in [-0.1, -0.05) is 30.3 Å². The van der Waals surface area contributed by atoms with Crippen LogP contribution in [0.1, 0.15) is 11.4 Å². The zero-order valence-electron chi connectivity index (χ0n) is 9.67. The quantitative estimate of drug-likeness (QED) is 0.613. The highest BCUT2D eigenvalue weighted by atomic mass is 35.5. The van der Waals surface area contributed by atoms with Gasteiger partial charge in [0.1, 0.15) is 6.61 Å². The van der Waals surface area contributed by atoms with Crippen LogP contribution in [-0.4, -0.2) is 11.5 Å². The number of pyridine rings is 1. The van der Waals surface area contributed by atoms with Gasteiger partial charge in [0.15, 0.2) is 0 Å². The minimum Gasteiger partial charge on any atom is -0.461 e. The third-order valence-electron chi connectivity index (χ3n) is 2.47. The molecule has 1 heterocycles. The van der Waals surface area contributed by atoms with Gasteiger partial charge in [0.25, 0.3) is 6.47 Å². The van der Waals surface area contributed by atoms with Gasteiger partial charge in [-0.2, -0.15) is 0 Å². The van der Waals surface area contributed by atoms with Crippen LogP contribution in [0.2, 0.25) is 0 Å². The highest BCUT2D eigenvalue weighted by Crippen LogP contribution is 2.21. The maximum atomic E-state index is 10.2. The van der Waals surface area contributed by atoms with E-state index in [1.54, 1.807) is 0 Å². The zero-order valence-corrected chi connectivity index (χ0v) is 10.4. The third-order valence-corrected chi connectivity index (χ3v) is 2.75. The molecule has 0 radical (unpaired) electrons. The van der Waals surface area contributed by atoms with E-state index in [1.165, 1.54) is 0 Å². The lowest BCUT2D eigenvalue weighted by molar-refractivity contribution is -0.129. The van der Waals surface area contributed by atoms with E-state index >= 15 is 0 Å². The predicted molar refractivity (Wildman–Crippen MR) is 70.1 cm³/mol. The van der Waals surface area contributed by atoms with Gasteiger partial charge in [-0.15, -0.1) is 11.6 Å². The second-order valence-corrected chi connectivity index (χ2v) is 4.01. The molecule has 1 aromatic heterocycles. The number of aromatic nitrogens is 1. The summed E-state index contributed by atoms with van der Waals surface area (Å²) in [6.45, 7) is 0.575. The van der Waals surface area contributed by atoms with Crippen molar-refractivity contribution in [2.75, 3.05) is 0 Å². The Bertz CT molecular complexity index is 529. The first-order valence-electron chi connectivity index (χ1n) is 5.50. The minimum atomic E-state index is 0.161. The zero-order chi connectivity index (χ0) is 12.8. The van der Waals surface area contributed by atoms with E-state index in [4.69, 9.17) is 16.3 Å². The Morgan fingerprint density at radius 3 is 2.50 bits per heavy atom. The van der Waals surface area contributed by atoms with Crippen LogP contribution in [0.3, 0.4) is 0 Å². The number of nitrogens with zero attached hydrogens (tertiary/aromatic N) is 1. The van der Waals surface area contributed by atoms with Crippen molar-refractivity contribution >= 4 is 18.1 Å². The average molecular weight is 262 g/mol. The summed E-state index contributed by atoms with van der Waals surface area (Å²) in [5.74, 6) is 0.328. The van der Waals surface area contributed by atoms with E-state index in [-0.39, 0.29) is 6.61 Å². The number of carbonyl (C=O) groups is 1. The predicted octanol–water partition coefficient (Wildman–Crippen LogP) is 3.16. The molecular weight excluding hydrogens is 250 g/mol. The monoisotopic (exact) mass is 261 g/mol. The molecule has 2 aromatic rings. The van der Waals surface area contributed by atoms with Crippen LogP contribution in [0.15, 0.2) is 42.5 Å². The molecule has 4 heteroatoms. The van der Waals surface area contributed by atoms with Gasteiger partial charge >= 0.3 is 0 Å². The van der Waals surface area contributed by atoms with Crippen molar-refractivity contribution in [3.8, 4) is 11.1 Å². The van der Waals surface area contributed by atoms with Crippen molar-refractivity contribution in [2.45, 2.75) is 12.5 Å². The number of halogens is 1. The molecule has 0 fully saturated rings. The molecule has 0 saturated heterocycles. The van der Waals surface area contributed by atoms with Crippen molar-refractivity contribution in [3.05, 3.63) is 53.9 Å². The minimum absolute atomic E-state index is 0.161. The second-order valence-electron chi connectivity index (χ2n) is 3.75. The van der Waals surface area contributed by atoms with Gasteiger partial charge in [0.2, 0.25) is 0 Å². The molecule has 0 spiro atoms. The molecule has 0 amide bonds. The van der Waals surface area contributed by atoms with Gasteiger partial charge < -0.3 is 4.74 Å². The molecule has 0 atom stereocenters. The Hall–Kier alpha value is -1.87. The fraction of sp³-hybridized carbons (Fsp3) is 0.143. The van der Waals surface area contributed by atoms with Gasteiger partial charge in [-0.25, -0.2) is 0 Å². The number of alkyl halides is 1. The summed E-state index contributed by atoms with van der Waals surface area (Å²) in [4.78, 5) is 14.5. The molecule has 18 heavy (non-hydrogen) atoms. The smallest absolute Gasteiger partial charge is 0.293 e. The Balaban J connectivity index is 2.37. The Labute approximate surface area is 110 Å². The SMILES string of the molecule is O=COCc1cc(-c2ccccc2)cc(CCl)n1. The van der Waals surface area contributed by atoms with Gasteiger partial charge in [0.05, 0.1) is 17.3 Å². The van der Waals surface area contributed by atoms with Crippen LogP contribution < -0.4 is 0 Å². The van der Waals surface area contributed by atoms with Crippen LogP contribution in [0.25, 0.3) is 11.1 Å². The standard InChI is InChI=1S/C14H12ClNO2/c15-8-13-6-12(11-4-2-1-3-5-11)7-14(16-13)9-18-10-17/h1-7,10H,8-9H2. The lowest BCUT2D eigenvalue weighted by Crippen LogP contribution is -1.98. The van der Waals surface area contributed by atoms with E-state index in [9.17, 15) is 4.79 Å². The number of rotatable bonds is 5. The number of hydrogen-bond acceptors (Lipinski definition) is 3. The lowest BCUT2D eigenvalue weighted by Gasteiger charge is -2.07. The Morgan fingerprint density at radius 2 is 1.83 bits per heavy atom. The highest BCUT2D eigenvalue weighted by Gasteiger charge is 2.04. The number of ether oxygens (including phenoxy) is 1. The summed E-state index contributed by atoms with van der Waals surface area (Å²) in [5.41, 5.74) is 3.56. The van der Waals surface area contributed by atoms with Crippen molar-refractivity contribution in [1.82, 2.24) is 4.98 Å². The molecule has 1 aromatic carbocycles. The summed E-state index contributed by atoms with van der Waals surface area (Å²) in [6.07, 6.45) is 0. The molecule has 0 bridgehead atoms. The summed E-state index contributed by atoms with van der Waals surface area (Å²) >= 11 is 5.82. The first-order chi connectivity index (χ1) is 8.83. The first-order valence-corrected chi connectivity index (χ1v) is 6.03. The maximum Gasteiger partial charge on any atom is 0.293 e. The molecule has 3 nitrogen and oxygen atoms in total. The highest BCUT2D eigenvalue weighted by molar-refractivity contribution is 6.16. The first kappa shape index (κ1) is 12.6. The molecule has 0 aliphatic heterocycles. The average Bonchev–Trinajstić information content (AvgIpc) is 2.45. The van der Waals surface area contributed by atoms with E-state index in [0.717, 1.165) is 16.8 Å². The third kappa shape index (κ3) is 3.08. The fourth-order valence-electron chi connectivity index (χ4n) is 1.71. The van der Waals surface area contributed by atoms with Gasteiger partial charge in [0, 0.05) is 0 Å². The topological polar surface area (TPSA) is 39.2 Å². The van der Waals surface area contributed by atoms with Crippen LogP contribution in [0.5, 0.6) is 0 Å². The van der Waals surface area contributed by atoms with Crippen LogP contribution in [-0.2, 0) is 22.0 Å². The lowest BCUT2D eigenvalue weighted by atomic mass is 10.1. The van der Waals surface area contributed by atoms with E-state index in [2.05, 4.69) is 4.98 Å². The molecule has 2 rings (SSSR count). The molecule has 0 N–H and O–H groups in total. The van der Waals surface area contributed by atoms with Crippen LogP contribution in [0, 0.1) is 0 Å². The Morgan fingerprint density at radius 1 is 1.11 bits per heavy atom. The molecule has 92 valence electrons. The van der Waals surface area contributed by atoms with Crippen molar-refractivity contribution in [1.29, 1.82) is 0 Å². The molecule has 0 aliphatic carbocycles. The van der Waals surface area contributed by atoms with E-state index in [0.29, 0.717) is 18.0 Å². The van der Waals surface area contributed by atoms with Crippen molar-refractivity contribution in [3.63, 3.8) is 0 Å². The maximum absolute atomic E-state index is 10.2. The second kappa shape index (κ2) is 6.17. The number of hydrogen-bond donors (Lipinski definition) is 0. The number of benzene rings is 1. The number of carbonyl (C=O) groups excluding carboxylic acids is 1. The molecular formula is C14H12ClNO2. The van der Waals surface area contributed by atoms with Crippen molar-refractivity contribution in [2.24, 2.45) is 0 Å². The van der Waals surface area contributed by atoms with E-state index in [1.807, 2.05) is 42.5 Å². The largest absolute Gasteiger partial charge is 0.461 e. The van der Waals surface area contributed by atoms with Crippen LogP contribution >= 0.6 is 11.6 Å². The van der Waals surface area contributed by atoms with Crippen LogP contribution in [0.4, 0.5) is 0 Å².